The third-order valence-electron chi connectivity index (χ3n) is 2.72. The Morgan fingerprint density at radius 1 is 1.26 bits per heavy atom. The average molecular weight is 259 g/mol. The fourth-order valence-electron chi connectivity index (χ4n) is 1.79. The lowest BCUT2D eigenvalue weighted by atomic mass is 10.1. The van der Waals surface area contributed by atoms with E-state index in [4.69, 9.17) is 0 Å². The zero-order valence-electron chi connectivity index (χ0n) is 12.2. The predicted molar refractivity (Wildman–Crippen MR) is 75.2 cm³/mol. The van der Waals surface area contributed by atoms with E-state index in [-0.39, 0.29) is 5.54 Å². The van der Waals surface area contributed by atoms with Crippen LogP contribution in [0, 0.1) is 13.8 Å². The molecule has 0 saturated heterocycles. The van der Waals surface area contributed by atoms with Crippen LogP contribution in [0.4, 0.5) is 0 Å². The molecule has 2 aromatic heterocycles. The molecule has 2 heterocycles. The summed E-state index contributed by atoms with van der Waals surface area (Å²) < 4.78 is 1.77. The van der Waals surface area contributed by atoms with E-state index in [0.717, 1.165) is 24.0 Å². The van der Waals surface area contributed by atoms with E-state index in [1.54, 1.807) is 4.68 Å². The first kappa shape index (κ1) is 13.7. The summed E-state index contributed by atoms with van der Waals surface area (Å²) in [5.41, 5.74) is 1.29. The Balaban J connectivity index is 2.22. The van der Waals surface area contributed by atoms with Gasteiger partial charge in [0.15, 0.2) is 5.82 Å². The van der Waals surface area contributed by atoms with Gasteiger partial charge in [0.1, 0.15) is 11.6 Å². The first-order chi connectivity index (χ1) is 8.85. The zero-order chi connectivity index (χ0) is 14.0. The second-order valence-corrected chi connectivity index (χ2v) is 5.74. The number of aromatic nitrogens is 4. The van der Waals surface area contributed by atoms with Crippen LogP contribution in [0.15, 0.2) is 18.3 Å². The molecule has 0 spiro atoms. The number of rotatable bonds is 3. The molecule has 0 aliphatic rings. The van der Waals surface area contributed by atoms with Crippen LogP contribution in [0.5, 0.6) is 0 Å². The van der Waals surface area contributed by atoms with Gasteiger partial charge in [0.05, 0.1) is 0 Å². The van der Waals surface area contributed by atoms with Crippen molar-refractivity contribution in [2.45, 2.75) is 46.7 Å². The normalized spacial score (nSPS) is 11.8. The van der Waals surface area contributed by atoms with Crippen LogP contribution < -0.4 is 5.32 Å². The average Bonchev–Trinajstić information content (AvgIpc) is 2.65. The number of hydrogen-bond donors (Lipinski definition) is 1. The van der Waals surface area contributed by atoms with Crippen molar-refractivity contribution in [1.82, 2.24) is 25.1 Å². The van der Waals surface area contributed by atoms with Gasteiger partial charge in [0, 0.05) is 18.3 Å². The predicted octanol–water partition coefficient (Wildman–Crippen LogP) is 2.17. The van der Waals surface area contributed by atoms with Gasteiger partial charge in [-0.1, -0.05) is 0 Å². The highest BCUT2D eigenvalue weighted by Crippen LogP contribution is 2.10. The Bertz CT molecular complexity index is 565. The second kappa shape index (κ2) is 5.09. The number of nitrogens with zero attached hydrogens (tertiary/aromatic N) is 4. The Morgan fingerprint density at radius 2 is 2.00 bits per heavy atom. The van der Waals surface area contributed by atoms with Crippen molar-refractivity contribution in [2.24, 2.45) is 0 Å². The molecular weight excluding hydrogens is 238 g/mol. The molecule has 102 valence electrons. The molecule has 0 amide bonds. The molecule has 0 saturated carbocycles. The van der Waals surface area contributed by atoms with Crippen molar-refractivity contribution in [1.29, 1.82) is 0 Å². The Morgan fingerprint density at radius 3 is 2.58 bits per heavy atom. The van der Waals surface area contributed by atoms with Crippen LogP contribution in [0.1, 0.15) is 38.0 Å². The van der Waals surface area contributed by atoms with E-state index >= 15 is 0 Å². The highest BCUT2D eigenvalue weighted by atomic mass is 15.4. The van der Waals surface area contributed by atoms with Crippen LogP contribution >= 0.6 is 0 Å². The number of hydrogen-bond acceptors (Lipinski definition) is 4. The van der Waals surface area contributed by atoms with Gasteiger partial charge in [-0.15, -0.1) is 5.10 Å². The summed E-state index contributed by atoms with van der Waals surface area (Å²) in [4.78, 5) is 8.66. The Labute approximate surface area is 114 Å². The molecule has 0 aliphatic carbocycles. The molecule has 0 fully saturated rings. The lowest BCUT2D eigenvalue weighted by Crippen LogP contribution is -2.35. The van der Waals surface area contributed by atoms with Gasteiger partial charge in [-0.3, -0.25) is 0 Å². The monoisotopic (exact) mass is 259 g/mol. The number of aryl methyl sites for hydroxylation is 2. The summed E-state index contributed by atoms with van der Waals surface area (Å²) in [6.07, 6.45) is 1.81. The van der Waals surface area contributed by atoms with Gasteiger partial charge in [-0.25, -0.2) is 9.97 Å². The fraction of sp³-hybridized carbons (Fsp3) is 0.500. The molecule has 2 rings (SSSR count). The molecule has 19 heavy (non-hydrogen) atoms. The van der Waals surface area contributed by atoms with Crippen molar-refractivity contribution >= 4 is 0 Å². The molecule has 5 heteroatoms. The summed E-state index contributed by atoms with van der Waals surface area (Å²) >= 11 is 0. The van der Waals surface area contributed by atoms with Crippen LogP contribution in [0.2, 0.25) is 0 Å². The molecule has 0 radical (unpaired) electrons. The lowest BCUT2D eigenvalue weighted by molar-refractivity contribution is 0.424. The molecule has 1 N–H and O–H groups in total. The van der Waals surface area contributed by atoms with Gasteiger partial charge < -0.3 is 5.32 Å². The van der Waals surface area contributed by atoms with E-state index in [2.05, 4.69) is 41.2 Å². The van der Waals surface area contributed by atoms with E-state index in [0.29, 0.717) is 0 Å². The van der Waals surface area contributed by atoms with Gasteiger partial charge in [-0.05, 0) is 52.3 Å². The summed E-state index contributed by atoms with van der Waals surface area (Å²) in [7, 11) is 0. The standard InChI is InChI=1S/C14H21N5/c1-10-17-11(2)19(18-10)13-8-12(6-7-15-13)9-16-14(3,4)5/h6-8,16H,9H2,1-5H3. The number of pyridine rings is 1. The van der Waals surface area contributed by atoms with E-state index < -0.39 is 0 Å². The molecule has 0 unspecified atom stereocenters. The first-order valence-electron chi connectivity index (χ1n) is 6.46. The van der Waals surface area contributed by atoms with Gasteiger partial charge in [0.25, 0.3) is 0 Å². The third kappa shape index (κ3) is 3.61. The van der Waals surface area contributed by atoms with Crippen molar-refractivity contribution in [2.75, 3.05) is 0 Å². The van der Waals surface area contributed by atoms with Gasteiger partial charge in [-0.2, -0.15) is 4.68 Å². The zero-order valence-corrected chi connectivity index (χ0v) is 12.2. The van der Waals surface area contributed by atoms with Crippen molar-refractivity contribution < 1.29 is 0 Å². The largest absolute Gasteiger partial charge is 0.308 e. The maximum absolute atomic E-state index is 4.36. The molecule has 0 aromatic carbocycles. The SMILES string of the molecule is Cc1nc(C)n(-c2cc(CNC(C)(C)C)ccn2)n1. The summed E-state index contributed by atoms with van der Waals surface area (Å²) in [6.45, 7) is 11.1. The molecule has 0 atom stereocenters. The van der Waals surface area contributed by atoms with E-state index in [1.165, 1.54) is 5.56 Å². The summed E-state index contributed by atoms with van der Waals surface area (Å²) in [6, 6.07) is 4.06. The smallest absolute Gasteiger partial charge is 0.155 e. The molecule has 2 aromatic rings. The minimum Gasteiger partial charge on any atom is -0.308 e. The minimum atomic E-state index is 0.100. The van der Waals surface area contributed by atoms with Gasteiger partial charge >= 0.3 is 0 Å². The molecular formula is C14H21N5. The van der Waals surface area contributed by atoms with Crippen molar-refractivity contribution in [3.63, 3.8) is 0 Å². The summed E-state index contributed by atoms with van der Waals surface area (Å²) in [5.74, 6) is 2.43. The molecule has 0 bridgehead atoms. The first-order valence-corrected chi connectivity index (χ1v) is 6.46. The lowest BCUT2D eigenvalue weighted by Gasteiger charge is -2.20. The highest BCUT2D eigenvalue weighted by Gasteiger charge is 2.10. The number of nitrogens with one attached hydrogen (secondary N) is 1. The molecule has 0 aliphatic heterocycles. The van der Waals surface area contributed by atoms with Crippen LogP contribution in [-0.2, 0) is 6.54 Å². The maximum atomic E-state index is 4.36. The third-order valence-corrected chi connectivity index (χ3v) is 2.72. The van der Waals surface area contributed by atoms with E-state index in [1.807, 2.05) is 32.2 Å². The van der Waals surface area contributed by atoms with Crippen LogP contribution in [0.25, 0.3) is 5.82 Å². The highest BCUT2D eigenvalue weighted by molar-refractivity contribution is 5.28. The van der Waals surface area contributed by atoms with Crippen molar-refractivity contribution in [3.05, 3.63) is 35.5 Å². The fourth-order valence-corrected chi connectivity index (χ4v) is 1.79. The Kier molecular flexibility index (Phi) is 3.66. The second-order valence-electron chi connectivity index (χ2n) is 5.74. The van der Waals surface area contributed by atoms with Crippen LogP contribution in [-0.4, -0.2) is 25.3 Å². The Hall–Kier alpha value is -1.75. The van der Waals surface area contributed by atoms with E-state index in [9.17, 15) is 0 Å². The molecule has 5 nitrogen and oxygen atoms in total. The maximum Gasteiger partial charge on any atom is 0.155 e. The minimum absolute atomic E-state index is 0.100. The topological polar surface area (TPSA) is 55.6 Å². The quantitative estimate of drug-likeness (QED) is 0.917. The van der Waals surface area contributed by atoms with Gasteiger partial charge in [0.2, 0.25) is 0 Å². The van der Waals surface area contributed by atoms with Crippen molar-refractivity contribution in [3.8, 4) is 5.82 Å². The summed E-state index contributed by atoms with van der Waals surface area (Å²) in [5, 5.41) is 7.82. The van der Waals surface area contributed by atoms with Crippen LogP contribution in [0.3, 0.4) is 0 Å².